The number of fused-ring (bicyclic) bond motifs is 1. The molecule has 2 heterocycles. The Kier molecular flexibility index (Phi) is 16.5. The van der Waals surface area contributed by atoms with Crippen LogP contribution in [0.2, 0.25) is 0 Å². The molecule has 30 heavy (non-hydrogen) atoms. The topological polar surface area (TPSA) is 43.0 Å². The molecular formula is C25H42N2O3. The van der Waals surface area contributed by atoms with E-state index in [4.69, 9.17) is 14.2 Å². The van der Waals surface area contributed by atoms with E-state index in [1.165, 1.54) is 11.1 Å². The first kappa shape index (κ1) is 27.9. The van der Waals surface area contributed by atoms with Crippen LogP contribution >= 0.6 is 0 Å². The minimum Gasteiger partial charge on any atom is -0.454 e. The molecule has 0 radical (unpaired) electrons. The second-order valence-corrected chi connectivity index (χ2v) is 6.65. The molecule has 1 aromatic rings. The summed E-state index contributed by atoms with van der Waals surface area (Å²) in [5, 5.41) is 2.75. The first-order chi connectivity index (χ1) is 14.6. The molecule has 0 saturated carbocycles. The third-order valence-electron chi connectivity index (χ3n) is 4.30. The summed E-state index contributed by atoms with van der Waals surface area (Å²) >= 11 is 0. The highest BCUT2D eigenvalue weighted by Crippen LogP contribution is 2.36. The Morgan fingerprint density at radius 3 is 2.23 bits per heavy atom. The Labute approximate surface area is 184 Å². The highest BCUT2D eigenvalue weighted by atomic mass is 16.7. The van der Waals surface area contributed by atoms with Gasteiger partial charge in [0, 0.05) is 19.0 Å². The van der Waals surface area contributed by atoms with Crippen molar-refractivity contribution in [2.75, 3.05) is 54.2 Å². The molecule has 3 rings (SSSR count). The number of rotatable bonds is 4. The van der Waals surface area contributed by atoms with Crippen molar-refractivity contribution in [1.29, 1.82) is 0 Å². The van der Waals surface area contributed by atoms with Crippen LogP contribution in [0, 0.1) is 0 Å². The predicted octanol–water partition coefficient (Wildman–Crippen LogP) is 5.02. The van der Waals surface area contributed by atoms with Crippen LogP contribution in [0.5, 0.6) is 11.5 Å². The lowest BCUT2D eigenvalue weighted by Gasteiger charge is -2.21. The molecule has 1 N–H and O–H groups in total. The average molecular weight is 419 g/mol. The van der Waals surface area contributed by atoms with E-state index in [1.54, 1.807) is 0 Å². The van der Waals surface area contributed by atoms with Crippen molar-refractivity contribution in [3.8, 4) is 11.5 Å². The molecule has 1 fully saturated rings. The summed E-state index contributed by atoms with van der Waals surface area (Å²) in [6.07, 6.45) is 8.00. The summed E-state index contributed by atoms with van der Waals surface area (Å²) < 4.78 is 15.8. The van der Waals surface area contributed by atoms with Gasteiger partial charge in [-0.3, -0.25) is 0 Å². The minimum atomic E-state index is 0.300. The first-order valence-corrected chi connectivity index (χ1v) is 10.8. The fourth-order valence-corrected chi connectivity index (χ4v) is 2.70. The molecule has 2 aliphatic rings. The van der Waals surface area contributed by atoms with E-state index in [9.17, 15) is 0 Å². The molecule has 0 bridgehead atoms. The lowest BCUT2D eigenvalue weighted by Crippen LogP contribution is -2.32. The predicted molar refractivity (Wildman–Crippen MR) is 129 cm³/mol. The van der Waals surface area contributed by atoms with E-state index in [1.807, 2.05) is 65.2 Å². The van der Waals surface area contributed by atoms with Gasteiger partial charge in [0.05, 0.1) is 13.2 Å². The van der Waals surface area contributed by atoms with E-state index in [2.05, 4.69) is 42.9 Å². The highest BCUT2D eigenvalue weighted by molar-refractivity contribution is 5.47. The maximum Gasteiger partial charge on any atom is 0.231 e. The molecule has 0 aromatic heterocycles. The number of morpholine rings is 1. The molecule has 1 saturated heterocycles. The molecule has 1 aromatic carbocycles. The van der Waals surface area contributed by atoms with Gasteiger partial charge in [0.15, 0.2) is 11.5 Å². The molecule has 170 valence electrons. The standard InChI is InChI=1S/C16H18O2.C5H11NO.C2H7N.C2H6/c1-4-6-13(7-5-2)12(3)14-8-9-15-16(10-14)18-11-17-15;1-6-2-4-7-5-3-6;1-3-2;1-2/h4-10,12H,1,11H2,2-3H3;2-5H2,1H3;3H,1-2H3;1-2H3/b7-5-,13-6+;;;. The van der Waals surface area contributed by atoms with E-state index in [0.29, 0.717) is 12.7 Å². The van der Waals surface area contributed by atoms with E-state index in [-0.39, 0.29) is 0 Å². The lowest BCUT2D eigenvalue weighted by molar-refractivity contribution is 0.0503. The van der Waals surface area contributed by atoms with E-state index < -0.39 is 0 Å². The van der Waals surface area contributed by atoms with Gasteiger partial charge in [-0.15, -0.1) is 0 Å². The number of nitrogens with zero attached hydrogens (tertiary/aromatic N) is 1. The van der Waals surface area contributed by atoms with Crippen LogP contribution in [-0.2, 0) is 4.74 Å². The van der Waals surface area contributed by atoms with Crippen molar-refractivity contribution in [3.63, 3.8) is 0 Å². The Bertz CT molecular complexity index is 635. The normalized spacial score (nSPS) is 16.3. The molecular weight excluding hydrogens is 376 g/mol. The van der Waals surface area contributed by atoms with Gasteiger partial charge in [-0.2, -0.15) is 0 Å². The fraction of sp³-hybridized carbons (Fsp3) is 0.520. The molecule has 0 amide bonds. The third kappa shape index (κ3) is 10.6. The SMILES string of the molecule is C=C/C=C(\C=C/C)C(C)c1ccc2c(c1)OCO2.CC.CN1CCOCC1.CNC. The lowest BCUT2D eigenvalue weighted by atomic mass is 9.92. The summed E-state index contributed by atoms with van der Waals surface area (Å²) in [6.45, 7) is 16.3. The van der Waals surface area contributed by atoms with Crippen LogP contribution in [-0.4, -0.2) is 59.1 Å². The number of allylic oxidation sites excluding steroid dienone is 5. The maximum atomic E-state index is 5.41. The van der Waals surface area contributed by atoms with Crippen LogP contribution in [0.3, 0.4) is 0 Å². The van der Waals surface area contributed by atoms with Crippen molar-refractivity contribution < 1.29 is 14.2 Å². The monoisotopic (exact) mass is 418 g/mol. The van der Waals surface area contributed by atoms with Crippen LogP contribution in [0.25, 0.3) is 0 Å². The Morgan fingerprint density at radius 2 is 1.73 bits per heavy atom. The van der Waals surface area contributed by atoms with Gasteiger partial charge in [0.1, 0.15) is 0 Å². The van der Waals surface area contributed by atoms with Gasteiger partial charge in [0.2, 0.25) is 6.79 Å². The van der Waals surface area contributed by atoms with Crippen LogP contribution < -0.4 is 14.8 Å². The minimum absolute atomic E-state index is 0.300. The van der Waals surface area contributed by atoms with Gasteiger partial charge in [0.25, 0.3) is 0 Å². The number of nitrogens with one attached hydrogen (secondary N) is 1. The molecule has 1 atom stereocenters. The average Bonchev–Trinajstić information content (AvgIpc) is 3.24. The zero-order valence-corrected chi connectivity index (χ0v) is 20.0. The van der Waals surface area contributed by atoms with Crippen molar-refractivity contribution in [1.82, 2.24) is 10.2 Å². The summed E-state index contributed by atoms with van der Waals surface area (Å²) in [4.78, 5) is 2.27. The Balaban J connectivity index is 0.000000579. The van der Waals surface area contributed by atoms with Crippen molar-refractivity contribution in [2.45, 2.75) is 33.6 Å². The highest BCUT2D eigenvalue weighted by Gasteiger charge is 2.16. The second-order valence-electron chi connectivity index (χ2n) is 6.65. The summed E-state index contributed by atoms with van der Waals surface area (Å²) in [6, 6.07) is 6.10. The zero-order valence-electron chi connectivity index (χ0n) is 20.0. The number of hydrogen-bond acceptors (Lipinski definition) is 5. The summed E-state index contributed by atoms with van der Waals surface area (Å²) in [7, 11) is 5.86. The summed E-state index contributed by atoms with van der Waals surface area (Å²) in [5.74, 6) is 1.96. The van der Waals surface area contributed by atoms with Crippen molar-refractivity contribution in [3.05, 3.63) is 60.2 Å². The zero-order chi connectivity index (χ0) is 22.8. The number of ether oxygens (including phenoxy) is 3. The largest absolute Gasteiger partial charge is 0.454 e. The van der Waals surface area contributed by atoms with Crippen LogP contribution in [0.4, 0.5) is 0 Å². The molecule has 5 nitrogen and oxygen atoms in total. The van der Waals surface area contributed by atoms with Gasteiger partial charge >= 0.3 is 0 Å². The van der Waals surface area contributed by atoms with Gasteiger partial charge in [-0.25, -0.2) is 0 Å². The van der Waals surface area contributed by atoms with Crippen molar-refractivity contribution >= 4 is 0 Å². The quantitative estimate of drug-likeness (QED) is 0.696. The number of likely N-dealkylation sites (N-methyl/N-ethyl adjacent to an activating group) is 1. The van der Waals surface area contributed by atoms with Gasteiger partial charge < -0.3 is 24.4 Å². The molecule has 2 aliphatic heterocycles. The second kappa shape index (κ2) is 17.8. The van der Waals surface area contributed by atoms with Crippen LogP contribution in [0.1, 0.15) is 39.2 Å². The van der Waals surface area contributed by atoms with E-state index in [0.717, 1.165) is 37.8 Å². The van der Waals surface area contributed by atoms with Crippen LogP contribution in [0.15, 0.2) is 54.7 Å². The Hall–Kier alpha value is -2.08. The Morgan fingerprint density at radius 1 is 1.13 bits per heavy atom. The van der Waals surface area contributed by atoms with Gasteiger partial charge in [-0.1, -0.05) is 57.7 Å². The molecule has 1 unspecified atom stereocenters. The van der Waals surface area contributed by atoms with E-state index >= 15 is 0 Å². The van der Waals surface area contributed by atoms with Crippen molar-refractivity contribution in [2.24, 2.45) is 0 Å². The molecule has 5 heteroatoms. The fourth-order valence-electron chi connectivity index (χ4n) is 2.70. The first-order valence-electron chi connectivity index (χ1n) is 10.8. The van der Waals surface area contributed by atoms with Gasteiger partial charge in [-0.05, 0) is 51.3 Å². The maximum absolute atomic E-state index is 5.41. The summed E-state index contributed by atoms with van der Waals surface area (Å²) in [5.41, 5.74) is 2.44. The molecule has 0 spiro atoms. The smallest absolute Gasteiger partial charge is 0.231 e. The number of hydrogen-bond donors (Lipinski definition) is 1. The number of benzene rings is 1. The molecule has 0 aliphatic carbocycles. The third-order valence-corrected chi connectivity index (χ3v) is 4.30.